The molecule has 3 aromatic carbocycles. The minimum atomic E-state index is -0.611. The molecule has 0 unspecified atom stereocenters. The van der Waals surface area contributed by atoms with Gasteiger partial charge in [-0.25, -0.2) is 0 Å². The molecule has 0 radical (unpaired) electrons. The summed E-state index contributed by atoms with van der Waals surface area (Å²) in [5.41, 5.74) is 0.661. The summed E-state index contributed by atoms with van der Waals surface area (Å²) in [4.78, 5) is 35.5. The molecule has 0 spiro atoms. The molecule has 176 valence electrons. The van der Waals surface area contributed by atoms with Crippen LogP contribution in [-0.4, -0.2) is 31.0 Å². The maximum absolute atomic E-state index is 13.0. The summed E-state index contributed by atoms with van der Waals surface area (Å²) in [5, 5.41) is 14.3. The van der Waals surface area contributed by atoms with Crippen molar-refractivity contribution in [2.45, 2.75) is 12.5 Å². The number of carbonyl (C=O) groups excluding carboxylic acids is 2. The minimum absolute atomic E-state index is 0.0351. The Bertz CT molecular complexity index is 1200. The summed E-state index contributed by atoms with van der Waals surface area (Å²) in [5.74, 6) is -0.619. The van der Waals surface area contributed by atoms with E-state index in [2.05, 4.69) is 5.32 Å². The minimum Gasteiger partial charge on any atom is -0.493 e. The van der Waals surface area contributed by atoms with Crippen LogP contribution in [-0.2, 0) is 9.53 Å². The molecule has 1 N–H and O–H groups in total. The van der Waals surface area contributed by atoms with Crippen LogP contribution in [0.1, 0.15) is 28.4 Å². The second-order valence-electron chi connectivity index (χ2n) is 7.05. The lowest BCUT2D eigenvalue weighted by Crippen LogP contribution is -2.30. The monoisotopic (exact) mass is 484 g/mol. The number of benzene rings is 3. The number of hydrogen-bond donors (Lipinski definition) is 1. The Labute approximate surface area is 200 Å². The Morgan fingerprint density at radius 1 is 1.00 bits per heavy atom. The van der Waals surface area contributed by atoms with Crippen molar-refractivity contribution in [3.8, 4) is 17.2 Å². The van der Waals surface area contributed by atoms with E-state index in [0.717, 1.165) is 5.56 Å². The van der Waals surface area contributed by atoms with Gasteiger partial charge >= 0.3 is 11.7 Å². The second-order valence-corrected chi connectivity index (χ2v) is 7.49. The summed E-state index contributed by atoms with van der Waals surface area (Å²) in [6.45, 7) is 0. The maximum atomic E-state index is 13.0. The zero-order valence-corrected chi connectivity index (χ0v) is 19.1. The largest absolute Gasteiger partial charge is 0.493 e. The van der Waals surface area contributed by atoms with Gasteiger partial charge in [0.25, 0.3) is 5.91 Å². The van der Waals surface area contributed by atoms with Gasteiger partial charge in [0.15, 0.2) is 11.5 Å². The number of nitrogens with zero attached hydrogens (tertiary/aromatic N) is 1. The van der Waals surface area contributed by atoms with Gasteiger partial charge < -0.3 is 19.5 Å². The topological polar surface area (TPSA) is 117 Å². The highest BCUT2D eigenvalue weighted by molar-refractivity contribution is 6.30. The predicted molar refractivity (Wildman–Crippen MR) is 124 cm³/mol. The molecule has 0 aliphatic heterocycles. The lowest BCUT2D eigenvalue weighted by Gasteiger charge is -2.19. The number of nitro groups is 1. The van der Waals surface area contributed by atoms with Crippen molar-refractivity contribution in [1.29, 1.82) is 0 Å². The van der Waals surface area contributed by atoms with Gasteiger partial charge in [0.05, 0.1) is 31.6 Å². The third kappa shape index (κ3) is 6.02. The average molecular weight is 485 g/mol. The highest BCUT2D eigenvalue weighted by atomic mass is 35.5. The zero-order valence-electron chi connectivity index (χ0n) is 18.3. The van der Waals surface area contributed by atoms with Crippen molar-refractivity contribution < 1.29 is 28.7 Å². The van der Waals surface area contributed by atoms with E-state index in [4.69, 9.17) is 25.8 Å². The van der Waals surface area contributed by atoms with E-state index in [0.29, 0.717) is 0 Å². The maximum Gasteiger partial charge on any atom is 0.313 e. The van der Waals surface area contributed by atoms with Crippen molar-refractivity contribution in [3.05, 3.63) is 93.0 Å². The first-order valence-corrected chi connectivity index (χ1v) is 10.4. The molecule has 9 nitrogen and oxygen atoms in total. The van der Waals surface area contributed by atoms with Gasteiger partial charge in [-0.2, -0.15) is 0 Å². The molecule has 0 aliphatic carbocycles. The number of methoxy groups -OCH3 is 2. The fourth-order valence-corrected chi connectivity index (χ4v) is 3.33. The molecule has 34 heavy (non-hydrogen) atoms. The standard InChI is InChI=1S/C24H21ClN2O7/c1-32-22-12-16(8-10-21(22)34-20-11-9-17(25)13-19(20)27(30)31)24(29)26-18(14-23(28)33-2)15-6-4-3-5-7-15/h3-13,18H,14H2,1-2H3,(H,26,29)/t18-/m1/s1. The van der Waals surface area contributed by atoms with Gasteiger partial charge in [0, 0.05) is 16.7 Å². The quantitative estimate of drug-likeness (QED) is 0.255. The number of ether oxygens (including phenoxy) is 3. The molecule has 1 amide bonds. The van der Waals surface area contributed by atoms with Crippen molar-refractivity contribution in [3.63, 3.8) is 0 Å². The Hall–Kier alpha value is -4.11. The van der Waals surface area contributed by atoms with Crippen LogP contribution in [0.4, 0.5) is 5.69 Å². The number of rotatable bonds is 9. The number of nitro benzene ring substituents is 1. The second kappa shape index (κ2) is 11.2. The van der Waals surface area contributed by atoms with E-state index in [9.17, 15) is 19.7 Å². The van der Waals surface area contributed by atoms with Gasteiger partial charge in [-0.15, -0.1) is 0 Å². The third-order valence-corrected chi connectivity index (χ3v) is 5.10. The molecule has 3 rings (SSSR count). The van der Waals surface area contributed by atoms with Gasteiger partial charge in [0.1, 0.15) is 0 Å². The zero-order chi connectivity index (χ0) is 24.7. The fraction of sp³-hybridized carbons (Fsp3) is 0.167. The molecule has 0 saturated heterocycles. The third-order valence-electron chi connectivity index (χ3n) is 4.87. The van der Waals surface area contributed by atoms with Gasteiger partial charge in [-0.3, -0.25) is 19.7 Å². The van der Waals surface area contributed by atoms with Crippen LogP contribution in [0.3, 0.4) is 0 Å². The van der Waals surface area contributed by atoms with Crippen LogP contribution >= 0.6 is 11.6 Å². The number of hydrogen-bond acceptors (Lipinski definition) is 7. The first-order chi connectivity index (χ1) is 16.3. The molecule has 0 aromatic heterocycles. The van der Waals surface area contributed by atoms with Crippen LogP contribution in [0.25, 0.3) is 0 Å². The molecule has 0 saturated carbocycles. The van der Waals surface area contributed by atoms with E-state index in [1.54, 1.807) is 24.3 Å². The molecule has 10 heteroatoms. The van der Waals surface area contributed by atoms with Crippen LogP contribution in [0, 0.1) is 10.1 Å². The first kappa shape index (κ1) is 24.5. The fourth-order valence-electron chi connectivity index (χ4n) is 3.16. The van der Waals surface area contributed by atoms with E-state index in [1.165, 1.54) is 50.6 Å². The predicted octanol–water partition coefficient (Wildman–Crippen LogP) is 5.08. The lowest BCUT2D eigenvalue weighted by molar-refractivity contribution is -0.385. The van der Waals surface area contributed by atoms with Crippen molar-refractivity contribution >= 4 is 29.2 Å². The Balaban J connectivity index is 1.85. The highest BCUT2D eigenvalue weighted by Crippen LogP contribution is 2.38. The average Bonchev–Trinajstić information content (AvgIpc) is 2.85. The van der Waals surface area contributed by atoms with Gasteiger partial charge in [0.2, 0.25) is 5.75 Å². The number of amides is 1. The van der Waals surface area contributed by atoms with Crippen molar-refractivity contribution in [2.75, 3.05) is 14.2 Å². The summed E-state index contributed by atoms with van der Waals surface area (Å²) in [6.07, 6.45) is -0.0508. The molecule has 0 heterocycles. The summed E-state index contributed by atoms with van der Waals surface area (Å²) in [6, 6.07) is 16.8. The van der Waals surface area contributed by atoms with Crippen LogP contribution < -0.4 is 14.8 Å². The normalized spacial score (nSPS) is 11.3. The molecule has 0 bridgehead atoms. The summed E-state index contributed by atoms with van der Waals surface area (Å²) >= 11 is 5.85. The molecule has 3 aromatic rings. The molecule has 1 atom stereocenters. The Morgan fingerprint density at radius 3 is 2.35 bits per heavy atom. The van der Waals surface area contributed by atoms with Gasteiger partial charge in [-0.1, -0.05) is 41.9 Å². The van der Waals surface area contributed by atoms with Crippen LogP contribution in [0.15, 0.2) is 66.7 Å². The molecule has 0 aliphatic rings. The molecule has 0 fully saturated rings. The van der Waals surface area contributed by atoms with Gasteiger partial charge in [-0.05, 0) is 35.9 Å². The number of carbonyl (C=O) groups is 2. The SMILES string of the molecule is COC(=O)C[C@@H](NC(=O)c1ccc(Oc2ccc(Cl)cc2[N+](=O)[O-])c(OC)c1)c1ccccc1. The Morgan fingerprint density at radius 2 is 1.71 bits per heavy atom. The van der Waals surface area contributed by atoms with Crippen molar-refractivity contribution in [1.82, 2.24) is 5.32 Å². The van der Waals surface area contributed by atoms with E-state index in [1.807, 2.05) is 6.07 Å². The van der Waals surface area contributed by atoms with Crippen molar-refractivity contribution in [2.24, 2.45) is 0 Å². The first-order valence-electron chi connectivity index (χ1n) is 10.0. The number of esters is 1. The summed E-state index contributed by atoms with van der Waals surface area (Å²) in [7, 11) is 2.66. The van der Waals surface area contributed by atoms with E-state index in [-0.39, 0.29) is 39.9 Å². The summed E-state index contributed by atoms with van der Waals surface area (Å²) < 4.78 is 15.8. The number of nitrogens with one attached hydrogen (secondary N) is 1. The molecular weight excluding hydrogens is 464 g/mol. The van der Waals surface area contributed by atoms with E-state index >= 15 is 0 Å². The molecular formula is C24H21ClN2O7. The number of halogens is 1. The highest BCUT2D eigenvalue weighted by Gasteiger charge is 2.22. The van der Waals surface area contributed by atoms with E-state index < -0.39 is 22.8 Å². The lowest BCUT2D eigenvalue weighted by atomic mass is 10.0. The van der Waals surface area contributed by atoms with Crippen LogP contribution in [0.2, 0.25) is 5.02 Å². The Kier molecular flexibility index (Phi) is 8.05. The smallest absolute Gasteiger partial charge is 0.313 e. The van der Waals surface area contributed by atoms with Crippen LogP contribution in [0.5, 0.6) is 17.2 Å².